The minimum absolute atomic E-state index is 0.0258. The van der Waals surface area contributed by atoms with Gasteiger partial charge in [-0.15, -0.1) is 0 Å². The van der Waals surface area contributed by atoms with Crippen molar-refractivity contribution in [3.63, 3.8) is 0 Å². The SMILES string of the molecule is [2H]c1c(N2CN(c3c(-c4c([2H])c([2H])c([2H])c([2H])c4[2H])cccc3-c3c([2H])c([2H])c([2H])c([2H])c3[2H])c3ccccc32)cc(C([2H])([2H])c2ccc3c4c([2H])c([2H])c([2H])c([2H])c4n(-c4cc(C(C)(C)C)ccn4)c3c2)c([2H])c1[2H]. The van der Waals surface area contributed by atoms with Gasteiger partial charge in [-0.25, -0.2) is 4.98 Å². The molecule has 57 heavy (non-hydrogen) atoms. The van der Waals surface area contributed by atoms with Crippen LogP contribution >= 0.6 is 0 Å². The van der Waals surface area contributed by atoms with Gasteiger partial charge in [0.05, 0.1) is 51.4 Å². The number of fused-ring (bicyclic) bond motifs is 4. The van der Waals surface area contributed by atoms with Crippen molar-refractivity contribution in [2.75, 3.05) is 16.5 Å². The van der Waals surface area contributed by atoms with Gasteiger partial charge in [0.25, 0.3) is 0 Å². The molecule has 0 spiro atoms. The number of anilines is 4. The summed E-state index contributed by atoms with van der Waals surface area (Å²) in [4.78, 5) is 7.85. The van der Waals surface area contributed by atoms with Gasteiger partial charge in [0.15, 0.2) is 0 Å². The van der Waals surface area contributed by atoms with Gasteiger partial charge in [0, 0.05) is 36.5 Å². The Morgan fingerprint density at radius 3 is 2.00 bits per heavy atom. The Hall–Kier alpha value is -6.91. The second-order valence-corrected chi connectivity index (χ2v) is 14.6. The second kappa shape index (κ2) is 14.0. The van der Waals surface area contributed by atoms with Crippen LogP contribution in [0.15, 0.2) is 188 Å². The summed E-state index contributed by atoms with van der Waals surface area (Å²) >= 11 is 0. The molecule has 0 saturated heterocycles. The molecule has 1 aliphatic rings. The molecule has 7 aromatic carbocycles. The fourth-order valence-corrected chi connectivity index (χ4v) is 7.40. The van der Waals surface area contributed by atoms with Gasteiger partial charge >= 0.3 is 0 Å². The van der Waals surface area contributed by atoms with Crippen molar-refractivity contribution in [2.45, 2.75) is 32.6 Å². The van der Waals surface area contributed by atoms with Crippen molar-refractivity contribution >= 4 is 44.6 Å². The van der Waals surface area contributed by atoms with Crippen LogP contribution in [0.3, 0.4) is 0 Å². The lowest BCUT2D eigenvalue weighted by Crippen LogP contribution is -2.25. The fraction of sp³-hybridized carbons (Fsp3) is 0.113. The quantitative estimate of drug-likeness (QED) is 0.162. The zero-order valence-corrected chi connectivity index (χ0v) is 31.1. The number of nitrogens with zero attached hydrogens (tertiary/aromatic N) is 4. The normalized spacial score (nSPS) is 17.7. The number of pyridine rings is 1. The lowest BCUT2D eigenvalue weighted by molar-refractivity contribution is 0.588. The Morgan fingerprint density at radius 2 is 1.28 bits per heavy atom. The minimum Gasteiger partial charge on any atom is -0.321 e. The third-order valence-electron chi connectivity index (χ3n) is 10.1. The van der Waals surface area contributed by atoms with Gasteiger partial charge in [-0.2, -0.15) is 0 Å². The van der Waals surface area contributed by atoms with E-state index in [0.29, 0.717) is 22.6 Å². The lowest BCUT2D eigenvalue weighted by atomic mass is 9.88. The number of hydrogen-bond donors (Lipinski definition) is 0. The maximum Gasteiger partial charge on any atom is 0.137 e. The standard InChI is InChI=1S/C53H44N4/c1-53(2,3)41-30-31-54-51(35-41)57-47-25-11-10-22-45(47)46-29-28-38(34-50(46)57)32-37-16-14-21-42(33-37)55-36-56(49-27-13-12-26-48(49)55)52-43(39-17-6-4-7-18-39)23-15-24-44(52)40-19-8-5-9-20-40/h4-31,33-35H,32,36H2,1-3H3/i4D,5D,6D,7D,8D,9D,10D,11D,14D,16D,17D,18D,19D,20D,21D,22D,25D,32D2. The topological polar surface area (TPSA) is 24.3 Å². The van der Waals surface area contributed by atoms with E-state index in [-0.39, 0.29) is 85.3 Å². The van der Waals surface area contributed by atoms with Gasteiger partial charge in [-0.3, -0.25) is 4.57 Å². The molecule has 1 aliphatic heterocycles. The predicted molar refractivity (Wildman–Crippen MR) is 239 cm³/mol. The summed E-state index contributed by atoms with van der Waals surface area (Å²) < 4.78 is 171. The van der Waals surface area contributed by atoms with E-state index in [1.165, 1.54) is 36.4 Å². The highest BCUT2D eigenvalue weighted by Crippen LogP contribution is 2.50. The molecule has 0 radical (unpaired) electrons. The predicted octanol–water partition coefficient (Wildman–Crippen LogP) is 13.6. The highest BCUT2D eigenvalue weighted by molar-refractivity contribution is 6.09. The fourth-order valence-electron chi connectivity index (χ4n) is 7.40. The molecule has 0 saturated carbocycles. The Morgan fingerprint density at radius 1 is 0.596 bits per heavy atom. The van der Waals surface area contributed by atoms with E-state index in [2.05, 4.69) is 4.98 Å². The van der Waals surface area contributed by atoms with E-state index in [1.807, 2.05) is 32.9 Å². The molecule has 0 N–H and O–H groups in total. The summed E-state index contributed by atoms with van der Waals surface area (Å²) in [6.07, 6.45) is -1.02. The van der Waals surface area contributed by atoms with Crippen LogP contribution in [0.5, 0.6) is 0 Å². The minimum atomic E-state index is -2.61. The van der Waals surface area contributed by atoms with Gasteiger partial charge in [0.1, 0.15) is 12.5 Å². The number of benzene rings is 7. The summed E-state index contributed by atoms with van der Waals surface area (Å²) in [5, 5.41) is 0.561. The number of hydrogen-bond acceptors (Lipinski definition) is 3. The first-order chi connectivity index (χ1) is 35.7. The zero-order chi connectivity index (χ0) is 55.1. The largest absolute Gasteiger partial charge is 0.321 e. The smallest absolute Gasteiger partial charge is 0.137 e. The van der Waals surface area contributed by atoms with Crippen molar-refractivity contribution in [1.82, 2.24) is 9.55 Å². The third-order valence-corrected chi connectivity index (χ3v) is 10.1. The molecule has 2 aromatic heterocycles. The molecule has 0 atom stereocenters. The van der Waals surface area contributed by atoms with E-state index in [1.54, 1.807) is 50.9 Å². The van der Waals surface area contributed by atoms with Crippen molar-refractivity contribution in [3.05, 3.63) is 204 Å². The molecule has 276 valence electrons. The molecule has 0 aliphatic carbocycles. The van der Waals surface area contributed by atoms with E-state index in [9.17, 15) is 6.85 Å². The van der Waals surface area contributed by atoms with Crippen molar-refractivity contribution in [2.24, 2.45) is 0 Å². The Kier molecular flexibility index (Phi) is 4.86. The summed E-state index contributed by atoms with van der Waals surface area (Å²) in [6.45, 7) is 5.74. The summed E-state index contributed by atoms with van der Waals surface area (Å²) in [6, 6.07) is 11.2. The molecule has 3 heterocycles. The first-order valence-corrected chi connectivity index (χ1v) is 18.3. The molecular formula is C53H44N4. The third kappa shape index (κ3) is 6.24. The monoisotopic (exact) mass is 755 g/mol. The van der Waals surface area contributed by atoms with Gasteiger partial charge in [0.2, 0.25) is 0 Å². The summed E-state index contributed by atoms with van der Waals surface area (Å²) in [5.41, 5.74) is 0.909. The van der Waals surface area contributed by atoms with Crippen LogP contribution < -0.4 is 9.80 Å². The Balaban J connectivity index is 1.19. The average molecular weight is 756 g/mol. The zero-order valence-electron chi connectivity index (χ0n) is 50.1. The highest BCUT2D eigenvalue weighted by atomic mass is 15.4. The molecule has 0 amide bonds. The Bertz CT molecular complexity index is 3850. The first kappa shape index (κ1) is 19.8. The van der Waals surface area contributed by atoms with Crippen LogP contribution in [0, 0.1) is 0 Å². The van der Waals surface area contributed by atoms with Crippen molar-refractivity contribution in [3.8, 4) is 28.1 Å². The van der Waals surface area contributed by atoms with E-state index in [4.69, 9.17) is 19.2 Å². The maximum absolute atomic E-state index is 9.84. The van der Waals surface area contributed by atoms with Crippen molar-refractivity contribution in [1.29, 1.82) is 0 Å². The lowest BCUT2D eigenvalue weighted by Gasteiger charge is -2.27. The molecular weight excluding hydrogens is 693 g/mol. The number of aromatic nitrogens is 2. The van der Waals surface area contributed by atoms with Gasteiger partial charge < -0.3 is 9.80 Å². The first-order valence-electron chi connectivity index (χ1n) is 27.8. The number of rotatable bonds is 7. The molecule has 4 heteroatoms. The van der Waals surface area contributed by atoms with Crippen LogP contribution in [0.2, 0.25) is 0 Å². The summed E-state index contributed by atoms with van der Waals surface area (Å²) in [7, 11) is 0. The van der Waals surface area contributed by atoms with Crippen LogP contribution in [0.25, 0.3) is 49.9 Å². The second-order valence-electron chi connectivity index (χ2n) is 14.6. The summed E-state index contributed by atoms with van der Waals surface area (Å²) in [5.74, 6) is 0.311. The Labute approximate surface area is 361 Å². The van der Waals surface area contributed by atoms with Crippen LogP contribution in [-0.4, -0.2) is 16.2 Å². The van der Waals surface area contributed by atoms with Gasteiger partial charge in [-0.1, -0.05) is 154 Å². The maximum atomic E-state index is 9.84. The van der Waals surface area contributed by atoms with E-state index < -0.39 is 97.0 Å². The molecule has 9 aromatic rings. The van der Waals surface area contributed by atoms with E-state index >= 15 is 0 Å². The average Bonchev–Trinajstić information content (AvgIpc) is 3.96. The van der Waals surface area contributed by atoms with Crippen LogP contribution in [0.4, 0.5) is 22.7 Å². The van der Waals surface area contributed by atoms with E-state index in [0.717, 1.165) is 5.56 Å². The molecule has 0 fully saturated rings. The highest BCUT2D eigenvalue weighted by Gasteiger charge is 2.31. The van der Waals surface area contributed by atoms with Crippen LogP contribution in [0.1, 0.15) is 63.5 Å². The van der Waals surface area contributed by atoms with Crippen molar-refractivity contribution < 1.29 is 26.0 Å². The van der Waals surface area contributed by atoms with Gasteiger partial charge in [-0.05, 0) is 88.1 Å². The molecule has 10 rings (SSSR count). The molecule has 0 unspecified atom stereocenters. The molecule has 0 bridgehead atoms. The molecule has 4 nitrogen and oxygen atoms in total. The number of para-hydroxylation sites is 4. The van der Waals surface area contributed by atoms with Crippen LogP contribution in [-0.2, 0) is 11.8 Å².